The zero-order valence-electron chi connectivity index (χ0n) is 11.7. The van der Waals surface area contributed by atoms with Gasteiger partial charge in [0.25, 0.3) is 0 Å². The summed E-state index contributed by atoms with van der Waals surface area (Å²) < 4.78 is 0. The number of hydrogen-bond acceptors (Lipinski definition) is 2. The first-order valence-electron chi connectivity index (χ1n) is 6.71. The monoisotopic (exact) mass is 315 g/mol. The quantitative estimate of drug-likeness (QED) is 0.879. The Morgan fingerprint density at radius 1 is 1.20 bits per heavy atom. The van der Waals surface area contributed by atoms with Crippen molar-refractivity contribution in [2.24, 2.45) is 0 Å². The van der Waals surface area contributed by atoms with Crippen molar-refractivity contribution in [3.63, 3.8) is 0 Å². The zero-order chi connectivity index (χ0) is 15.0. The van der Waals surface area contributed by atoms with Crippen LogP contribution in [0.4, 0.5) is 0 Å². The van der Waals surface area contributed by atoms with Crippen molar-refractivity contribution >= 4 is 29.1 Å². The second-order valence-electron chi connectivity index (χ2n) is 5.79. The smallest absolute Gasteiger partial charge is 0.230 e. The molecule has 1 aliphatic rings. The molecule has 1 aromatic carbocycles. The molecule has 0 unspecified atom stereocenters. The van der Waals surface area contributed by atoms with E-state index in [0.717, 1.165) is 5.56 Å². The molecule has 1 saturated carbocycles. The van der Waals surface area contributed by atoms with Crippen LogP contribution in [0.1, 0.15) is 38.2 Å². The van der Waals surface area contributed by atoms with Crippen molar-refractivity contribution in [1.82, 2.24) is 5.32 Å². The molecule has 0 heterocycles. The summed E-state index contributed by atoms with van der Waals surface area (Å²) in [7, 11) is 1.63. The minimum atomic E-state index is -0.701. The van der Waals surface area contributed by atoms with Crippen LogP contribution in [0.2, 0.25) is 10.0 Å². The number of aliphatic hydroxyl groups is 1. The summed E-state index contributed by atoms with van der Waals surface area (Å²) in [6, 6.07) is 5.33. The fourth-order valence-electron chi connectivity index (χ4n) is 2.90. The highest BCUT2D eigenvalue weighted by Gasteiger charge is 2.45. The number of carbonyl (C=O) groups is 1. The topological polar surface area (TPSA) is 49.3 Å². The Hall–Kier alpha value is -0.770. The zero-order valence-corrected chi connectivity index (χ0v) is 13.2. The molecule has 0 saturated heterocycles. The first-order valence-corrected chi connectivity index (χ1v) is 7.46. The highest BCUT2D eigenvalue weighted by molar-refractivity contribution is 6.42. The van der Waals surface area contributed by atoms with Crippen molar-refractivity contribution in [3.05, 3.63) is 33.8 Å². The highest BCUT2D eigenvalue weighted by atomic mass is 35.5. The van der Waals surface area contributed by atoms with E-state index in [9.17, 15) is 9.90 Å². The summed E-state index contributed by atoms with van der Waals surface area (Å²) >= 11 is 12.0. The summed E-state index contributed by atoms with van der Waals surface area (Å²) in [6.45, 7) is 1.82. The normalized spacial score (nSPS) is 30.1. The standard InChI is InChI=1S/C15H19Cl2NO2/c1-14(20)5-7-15(8-6-14,13(19)18-2)10-3-4-11(16)12(17)9-10/h3-4,9,20H,5-8H2,1-2H3,(H,18,19)/t14-,15+. The van der Waals surface area contributed by atoms with Crippen LogP contribution in [0.5, 0.6) is 0 Å². The lowest BCUT2D eigenvalue weighted by molar-refractivity contribution is -0.129. The Morgan fingerprint density at radius 3 is 2.30 bits per heavy atom. The van der Waals surface area contributed by atoms with E-state index in [2.05, 4.69) is 5.32 Å². The molecule has 0 spiro atoms. The molecule has 20 heavy (non-hydrogen) atoms. The minimum absolute atomic E-state index is 0.0358. The van der Waals surface area contributed by atoms with E-state index >= 15 is 0 Å². The van der Waals surface area contributed by atoms with E-state index in [1.807, 2.05) is 13.0 Å². The maximum Gasteiger partial charge on any atom is 0.230 e. The van der Waals surface area contributed by atoms with Gasteiger partial charge in [0.2, 0.25) is 5.91 Å². The van der Waals surface area contributed by atoms with Crippen LogP contribution in [-0.2, 0) is 10.2 Å². The van der Waals surface area contributed by atoms with Crippen molar-refractivity contribution in [1.29, 1.82) is 0 Å². The summed E-state index contributed by atoms with van der Waals surface area (Å²) in [4.78, 5) is 12.4. The molecule has 3 nitrogen and oxygen atoms in total. The number of benzene rings is 1. The predicted octanol–water partition coefficient (Wildman–Crippen LogP) is 3.30. The lowest BCUT2D eigenvalue weighted by Crippen LogP contribution is -2.48. The Bertz CT molecular complexity index is 519. The molecule has 1 aromatic rings. The maximum absolute atomic E-state index is 12.4. The summed E-state index contributed by atoms with van der Waals surface area (Å²) in [5.74, 6) is -0.0358. The van der Waals surface area contributed by atoms with E-state index in [0.29, 0.717) is 35.7 Å². The highest BCUT2D eigenvalue weighted by Crippen LogP contribution is 2.44. The third-order valence-corrected chi connectivity index (χ3v) is 5.05. The van der Waals surface area contributed by atoms with Gasteiger partial charge in [0, 0.05) is 7.05 Å². The number of likely N-dealkylation sites (N-methyl/N-ethyl adjacent to an activating group) is 1. The number of amides is 1. The first-order chi connectivity index (χ1) is 9.31. The molecule has 0 aliphatic heterocycles. The van der Waals surface area contributed by atoms with Crippen LogP contribution in [0.3, 0.4) is 0 Å². The van der Waals surface area contributed by atoms with E-state index in [4.69, 9.17) is 23.2 Å². The third kappa shape index (κ3) is 2.80. The predicted molar refractivity (Wildman–Crippen MR) is 81.3 cm³/mol. The van der Waals surface area contributed by atoms with Crippen molar-refractivity contribution in [2.45, 2.75) is 43.6 Å². The van der Waals surface area contributed by atoms with Crippen LogP contribution in [0.15, 0.2) is 18.2 Å². The number of rotatable bonds is 2. The van der Waals surface area contributed by atoms with Crippen LogP contribution in [0.25, 0.3) is 0 Å². The van der Waals surface area contributed by atoms with Gasteiger partial charge in [0.15, 0.2) is 0 Å². The van der Waals surface area contributed by atoms with Crippen molar-refractivity contribution in [3.8, 4) is 0 Å². The molecule has 1 amide bonds. The van der Waals surface area contributed by atoms with E-state index in [1.165, 1.54) is 0 Å². The number of halogens is 2. The molecule has 2 rings (SSSR count). The third-order valence-electron chi connectivity index (χ3n) is 4.31. The summed E-state index contributed by atoms with van der Waals surface area (Å²) in [5, 5.41) is 13.8. The average Bonchev–Trinajstić information content (AvgIpc) is 2.42. The van der Waals surface area contributed by atoms with Crippen LogP contribution in [-0.4, -0.2) is 23.7 Å². The molecule has 2 N–H and O–H groups in total. The number of carbonyl (C=O) groups excluding carboxylic acids is 1. The molecule has 0 aromatic heterocycles. The Kier molecular flexibility index (Phi) is 4.33. The molecule has 110 valence electrons. The number of hydrogen-bond donors (Lipinski definition) is 2. The van der Waals surface area contributed by atoms with Crippen LogP contribution < -0.4 is 5.32 Å². The fraction of sp³-hybridized carbons (Fsp3) is 0.533. The molecule has 1 aliphatic carbocycles. The Morgan fingerprint density at radius 2 is 1.80 bits per heavy atom. The van der Waals surface area contributed by atoms with Gasteiger partial charge >= 0.3 is 0 Å². The molecule has 1 fully saturated rings. The lowest BCUT2D eigenvalue weighted by atomic mass is 9.65. The Labute approximate surface area is 129 Å². The lowest BCUT2D eigenvalue weighted by Gasteiger charge is -2.41. The molecular formula is C15H19Cl2NO2. The van der Waals surface area contributed by atoms with Gasteiger partial charge < -0.3 is 10.4 Å². The fourth-order valence-corrected chi connectivity index (χ4v) is 3.19. The summed E-state index contributed by atoms with van der Waals surface area (Å²) in [6.07, 6.45) is 2.36. The maximum atomic E-state index is 12.4. The second kappa shape index (κ2) is 5.55. The van der Waals surface area contributed by atoms with Gasteiger partial charge in [0.05, 0.1) is 21.1 Å². The van der Waals surface area contributed by atoms with Crippen molar-refractivity contribution in [2.75, 3.05) is 7.05 Å². The van der Waals surface area contributed by atoms with Gasteiger partial charge in [-0.15, -0.1) is 0 Å². The molecule has 0 atom stereocenters. The van der Waals surface area contributed by atoms with Crippen LogP contribution >= 0.6 is 23.2 Å². The molecule has 5 heteroatoms. The van der Waals surface area contributed by atoms with E-state index in [-0.39, 0.29) is 5.91 Å². The summed E-state index contributed by atoms with van der Waals surface area (Å²) in [5.41, 5.74) is -0.472. The van der Waals surface area contributed by atoms with E-state index < -0.39 is 11.0 Å². The second-order valence-corrected chi connectivity index (χ2v) is 6.60. The van der Waals surface area contributed by atoms with Gasteiger partial charge in [-0.05, 0) is 50.3 Å². The van der Waals surface area contributed by atoms with Gasteiger partial charge in [0.1, 0.15) is 0 Å². The number of nitrogens with one attached hydrogen (secondary N) is 1. The molecule has 0 bridgehead atoms. The SMILES string of the molecule is CNC(=O)[C@]1(c2ccc(Cl)c(Cl)c2)CC[C@](C)(O)CC1. The Balaban J connectivity index is 2.43. The largest absolute Gasteiger partial charge is 0.390 e. The molecular weight excluding hydrogens is 297 g/mol. The molecule has 0 radical (unpaired) electrons. The van der Waals surface area contributed by atoms with Gasteiger partial charge in [-0.2, -0.15) is 0 Å². The van der Waals surface area contributed by atoms with Gasteiger partial charge in [-0.25, -0.2) is 0 Å². The van der Waals surface area contributed by atoms with Crippen LogP contribution in [0, 0.1) is 0 Å². The average molecular weight is 316 g/mol. The minimum Gasteiger partial charge on any atom is -0.390 e. The van der Waals surface area contributed by atoms with E-state index in [1.54, 1.807) is 19.2 Å². The van der Waals surface area contributed by atoms with Crippen molar-refractivity contribution < 1.29 is 9.90 Å². The van der Waals surface area contributed by atoms with Gasteiger partial charge in [-0.1, -0.05) is 29.3 Å². The first kappa shape index (κ1) is 15.6. The van der Waals surface area contributed by atoms with Gasteiger partial charge in [-0.3, -0.25) is 4.79 Å².